The molecule has 0 aromatic rings. The quantitative estimate of drug-likeness (QED) is 0.0521. The van der Waals surface area contributed by atoms with Crippen LogP contribution in [0, 0.1) is 0 Å². The zero-order valence-corrected chi connectivity index (χ0v) is 29.8. The van der Waals surface area contributed by atoms with Gasteiger partial charge in [-0.2, -0.15) is 0 Å². The Morgan fingerprint density at radius 1 is 0.477 bits per heavy atom. The van der Waals surface area contributed by atoms with Gasteiger partial charge in [-0.3, -0.25) is 4.79 Å². The van der Waals surface area contributed by atoms with Crippen LogP contribution in [0.1, 0.15) is 219 Å². The molecule has 0 aliphatic heterocycles. The highest BCUT2D eigenvalue weighted by Crippen LogP contribution is 2.16. The van der Waals surface area contributed by atoms with Gasteiger partial charge in [0.15, 0.2) is 0 Å². The summed E-state index contributed by atoms with van der Waals surface area (Å²) in [6, 6.07) is -0.800. The standard InChI is InChI=1S/C39H79NO4/c1-3-5-7-9-11-13-15-16-17-18-19-20-21-22-23-24-26-28-30-32-34-38(43)40-36(35-41)39(44)37(42)33-31-29-27-25-14-12-10-8-6-4-2/h36-37,39,41-42,44H,3-35H2,1-2H3,(H,40,43). The molecule has 0 spiro atoms. The van der Waals surface area contributed by atoms with Crippen molar-refractivity contribution in [1.29, 1.82) is 0 Å². The second-order valence-electron chi connectivity index (χ2n) is 13.9. The van der Waals surface area contributed by atoms with Gasteiger partial charge in [0.2, 0.25) is 5.91 Å². The highest BCUT2D eigenvalue weighted by Gasteiger charge is 2.26. The summed E-state index contributed by atoms with van der Waals surface area (Å²) in [4.78, 5) is 12.4. The molecule has 3 unspecified atom stereocenters. The minimum atomic E-state index is -1.13. The maximum absolute atomic E-state index is 12.4. The molecule has 0 aromatic carbocycles. The SMILES string of the molecule is CCCCCCCCCCCCCCCCCCCCCCC(=O)NC(CO)C(O)C(O)CCCCCCCCCCCC. The summed E-state index contributed by atoms with van der Waals surface area (Å²) in [5.41, 5.74) is 0. The third-order valence-electron chi connectivity index (χ3n) is 9.46. The van der Waals surface area contributed by atoms with E-state index in [1.165, 1.54) is 154 Å². The molecular formula is C39H79NO4. The van der Waals surface area contributed by atoms with E-state index in [9.17, 15) is 20.1 Å². The molecular weight excluding hydrogens is 546 g/mol. The van der Waals surface area contributed by atoms with Crippen molar-refractivity contribution in [2.45, 2.75) is 238 Å². The van der Waals surface area contributed by atoms with Gasteiger partial charge in [0, 0.05) is 6.42 Å². The van der Waals surface area contributed by atoms with Crippen molar-refractivity contribution in [3.63, 3.8) is 0 Å². The molecule has 0 rings (SSSR count). The van der Waals surface area contributed by atoms with E-state index in [2.05, 4.69) is 19.2 Å². The second kappa shape index (κ2) is 35.2. The fourth-order valence-electron chi connectivity index (χ4n) is 6.34. The van der Waals surface area contributed by atoms with E-state index in [0.29, 0.717) is 12.8 Å². The van der Waals surface area contributed by atoms with E-state index in [0.717, 1.165) is 38.5 Å². The van der Waals surface area contributed by atoms with Crippen molar-refractivity contribution in [3.8, 4) is 0 Å². The fraction of sp³-hybridized carbons (Fsp3) is 0.974. The summed E-state index contributed by atoms with van der Waals surface area (Å²) in [5.74, 6) is -0.142. The topological polar surface area (TPSA) is 89.8 Å². The predicted octanol–water partition coefficient (Wildman–Crippen LogP) is 10.7. The number of aliphatic hydroxyl groups is 3. The first-order valence-corrected chi connectivity index (χ1v) is 19.8. The summed E-state index contributed by atoms with van der Waals surface area (Å²) in [5, 5.41) is 33.3. The molecule has 1 amide bonds. The number of hydrogen-bond acceptors (Lipinski definition) is 4. The first-order valence-electron chi connectivity index (χ1n) is 19.8. The smallest absolute Gasteiger partial charge is 0.220 e. The molecule has 0 fully saturated rings. The van der Waals surface area contributed by atoms with Crippen LogP contribution in [0.5, 0.6) is 0 Å². The lowest BCUT2D eigenvalue weighted by molar-refractivity contribution is -0.124. The van der Waals surface area contributed by atoms with Crippen molar-refractivity contribution in [2.75, 3.05) is 6.61 Å². The van der Waals surface area contributed by atoms with E-state index < -0.39 is 18.2 Å². The van der Waals surface area contributed by atoms with Crippen LogP contribution in [-0.4, -0.2) is 46.1 Å². The Bertz CT molecular complexity index is 572. The summed E-state index contributed by atoms with van der Waals surface area (Å²) in [7, 11) is 0. The van der Waals surface area contributed by atoms with Crippen LogP contribution in [-0.2, 0) is 4.79 Å². The number of nitrogens with one attached hydrogen (secondary N) is 1. The number of hydrogen-bond donors (Lipinski definition) is 4. The van der Waals surface area contributed by atoms with Crippen LogP contribution in [0.3, 0.4) is 0 Å². The van der Waals surface area contributed by atoms with Crippen molar-refractivity contribution < 1.29 is 20.1 Å². The monoisotopic (exact) mass is 626 g/mol. The fourth-order valence-corrected chi connectivity index (χ4v) is 6.34. The lowest BCUT2D eigenvalue weighted by atomic mass is 9.99. The molecule has 264 valence electrons. The van der Waals surface area contributed by atoms with Crippen LogP contribution in [0.25, 0.3) is 0 Å². The molecule has 0 bridgehead atoms. The van der Waals surface area contributed by atoms with E-state index in [4.69, 9.17) is 0 Å². The van der Waals surface area contributed by atoms with Crippen LogP contribution in [0.15, 0.2) is 0 Å². The Kier molecular flexibility index (Phi) is 34.7. The van der Waals surface area contributed by atoms with Crippen LogP contribution in [0.4, 0.5) is 0 Å². The van der Waals surface area contributed by atoms with E-state index in [-0.39, 0.29) is 12.5 Å². The first kappa shape index (κ1) is 43.4. The lowest BCUT2D eigenvalue weighted by Crippen LogP contribution is -2.50. The molecule has 0 heterocycles. The van der Waals surface area contributed by atoms with Gasteiger partial charge >= 0.3 is 0 Å². The van der Waals surface area contributed by atoms with Crippen molar-refractivity contribution >= 4 is 5.91 Å². The van der Waals surface area contributed by atoms with E-state index in [1.807, 2.05) is 0 Å². The Morgan fingerprint density at radius 3 is 1.09 bits per heavy atom. The van der Waals surface area contributed by atoms with E-state index >= 15 is 0 Å². The van der Waals surface area contributed by atoms with Crippen molar-refractivity contribution in [1.82, 2.24) is 5.32 Å². The highest BCUT2D eigenvalue weighted by molar-refractivity contribution is 5.76. The lowest BCUT2D eigenvalue weighted by Gasteiger charge is -2.26. The molecule has 5 nitrogen and oxygen atoms in total. The Balaban J connectivity index is 3.57. The molecule has 0 aliphatic carbocycles. The van der Waals surface area contributed by atoms with Crippen molar-refractivity contribution in [3.05, 3.63) is 0 Å². The zero-order valence-electron chi connectivity index (χ0n) is 29.8. The molecule has 0 saturated carbocycles. The molecule has 5 heteroatoms. The third-order valence-corrected chi connectivity index (χ3v) is 9.46. The number of rotatable bonds is 36. The average molecular weight is 626 g/mol. The van der Waals surface area contributed by atoms with E-state index in [1.54, 1.807) is 0 Å². The largest absolute Gasteiger partial charge is 0.394 e. The average Bonchev–Trinajstić information content (AvgIpc) is 3.03. The normalized spacial score (nSPS) is 13.7. The van der Waals surface area contributed by atoms with Gasteiger partial charge < -0.3 is 20.6 Å². The minimum absolute atomic E-state index is 0.142. The zero-order chi connectivity index (χ0) is 32.4. The van der Waals surface area contributed by atoms with Gasteiger partial charge in [-0.15, -0.1) is 0 Å². The predicted molar refractivity (Wildman–Crippen MR) is 190 cm³/mol. The van der Waals surface area contributed by atoms with Crippen LogP contribution < -0.4 is 5.32 Å². The summed E-state index contributed by atoms with van der Waals surface area (Å²) in [6.45, 7) is 4.17. The van der Waals surface area contributed by atoms with Gasteiger partial charge in [0.05, 0.1) is 18.8 Å². The Hall–Kier alpha value is -0.650. The minimum Gasteiger partial charge on any atom is -0.394 e. The van der Waals surface area contributed by atoms with Gasteiger partial charge in [-0.1, -0.05) is 200 Å². The number of carbonyl (C=O) groups excluding carboxylic acids is 1. The van der Waals surface area contributed by atoms with Crippen LogP contribution in [0.2, 0.25) is 0 Å². The maximum Gasteiger partial charge on any atom is 0.220 e. The molecule has 0 aliphatic rings. The summed E-state index contributed by atoms with van der Waals surface area (Å²) >= 11 is 0. The highest BCUT2D eigenvalue weighted by atomic mass is 16.3. The summed E-state index contributed by atoms with van der Waals surface area (Å²) < 4.78 is 0. The van der Waals surface area contributed by atoms with Gasteiger partial charge in [0.1, 0.15) is 6.10 Å². The molecule has 0 saturated heterocycles. The molecule has 3 atom stereocenters. The molecule has 0 radical (unpaired) electrons. The molecule has 0 aromatic heterocycles. The van der Waals surface area contributed by atoms with Gasteiger partial charge in [0.25, 0.3) is 0 Å². The number of unbranched alkanes of at least 4 members (excludes halogenated alkanes) is 28. The Morgan fingerprint density at radius 2 is 0.773 bits per heavy atom. The maximum atomic E-state index is 12.4. The number of carbonyl (C=O) groups is 1. The first-order chi connectivity index (χ1) is 21.6. The third kappa shape index (κ3) is 30.0. The van der Waals surface area contributed by atoms with Gasteiger partial charge in [-0.25, -0.2) is 0 Å². The Labute approximate surface area is 275 Å². The second-order valence-corrected chi connectivity index (χ2v) is 13.9. The van der Waals surface area contributed by atoms with Gasteiger partial charge in [-0.05, 0) is 12.8 Å². The summed E-state index contributed by atoms with van der Waals surface area (Å²) in [6.07, 6.45) is 37.8. The number of aliphatic hydroxyl groups excluding tert-OH is 3. The van der Waals surface area contributed by atoms with Crippen LogP contribution >= 0.6 is 0 Å². The molecule has 4 N–H and O–H groups in total. The molecule has 44 heavy (non-hydrogen) atoms. The number of amides is 1. The van der Waals surface area contributed by atoms with Crippen molar-refractivity contribution in [2.24, 2.45) is 0 Å².